The van der Waals surface area contributed by atoms with Crippen LogP contribution in [0.4, 0.5) is 0 Å². The van der Waals surface area contributed by atoms with Crippen molar-refractivity contribution in [3.05, 3.63) is 29.8 Å². The van der Waals surface area contributed by atoms with Gasteiger partial charge >= 0.3 is 0 Å². The van der Waals surface area contributed by atoms with E-state index >= 15 is 0 Å². The zero-order valence-electron chi connectivity index (χ0n) is 7.12. The summed E-state index contributed by atoms with van der Waals surface area (Å²) in [5.74, 6) is 0.279. The number of phenolic OH excluding ortho intramolecular Hbond substituents is 1. The van der Waals surface area contributed by atoms with Gasteiger partial charge in [-0.2, -0.15) is 0 Å². The van der Waals surface area contributed by atoms with Crippen LogP contribution in [-0.4, -0.2) is 18.7 Å². The standard InChI is InChI=1S/C9H14N2O/c1-11-9(6-10)7-3-2-4-8(12)5-7/h2-5,9,11-12H,6,10H2,1H3. The predicted octanol–water partition coefficient (Wildman–Crippen LogP) is 0.611. The summed E-state index contributed by atoms with van der Waals surface area (Å²) >= 11 is 0. The maximum atomic E-state index is 9.18. The number of nitrogens with one attached hydrogen (secondary N) is 1. The van der Waals surface area contributed by atoms with Gasteiger partial charge in [0.15, 0.2) is 0 Å². The molecule has 4 N–H and O–H groups in total. The average Bonchev–Trinajstić information content (AvgIpc) is 2.07. The lowest BCUT2D eigenvalue weighted by atomic mass is 10.1. The fourth-order valence-corrected chi connectivity index (χ4v) is 1.16. The molecule has 0 fully saturated rings. The number of nitrogens with two attached hydrogens (primary N) is 1. The third kappa shape index (κ3) is 1.96. The van der Waals surface area contributed by atoms with E-state index in [2.05, 4.69) is 5.32 Å². The number of hydrogen-bond donors (Lipinski definition) is 3. The zero-order valence-corrected chi connectivity index (χ0v) is 7.12. The van der Waals surface area contributed by atoms with Crippen LogP contribution in [0.1, 0.15) is 11.6 Å². The number of rotatable bonds is 3. The van der Waals surface area contributed by atoms with Crippen LogP contribution in [0.25, 0.3) is 0 Å². The van der Waals surface area contributed by atoms with E-state index in [4.69, 9.17) is 5.73 Å². The molecule has 0 heterocycles. The molecule has 12 heavy (non-hydrogen) atoms. The van der Waals surface area contributed by atoms with E-state index in [0.29, 0.717) is 6.54 Å². The lowest BCUT2D eigenvalue weighted by Gasteiger charge is -2.13. The fraction of sp³-hybridized carbons (Fsp3) is 0.333. The van der Waals surface area contributed by atoms with Crippen LogP contribution < -0.4 is 11.1 Å². The summed E-state index contributed by atoms with van der Waals surface area (Å²) in [5.41, 5.74) is 6.54. The van der Waals surface area contributed by atoms with E-state index in [1.54, 1.807) is 12.1 Å². The quantitative estimate of drug-likeness (QED) is 0.616. The second kappa shape index (κ2) is 4.09. The normalized spacial score (nSPS) is 12.8. The van der Waals surface area contributed by atoms with Crippen LogP contribution in [-0.2, 0) is 0 Å². The Hall–Kier alpha value is -1.06. The Morgan fingerprint density at radius 2 is 2.33 bits per heavy atom. The van der Waals surface area contributed by atoms with Gasteiger partial charge < -0.3 is 16.2 Å². The Morgan fingerprint density at radius 3 is 2.83 bits per heavy atom. The van der Waals surface area contributed by atoms with Crippen molar-refractivity contribution in [2.45, 2.75) is 6.04 Å². The van der Waals surface area contributed by atoms with E-state index in [-0.39, 0.29) is 11.8 Å². The van der Waals surface area contributed by atoms with Crippen LogP contribution in [0, 0.1) is 0 Å². The number of phenols is 1. The Balaban J connectivity index is 2.85. The third-order valence-electron chi connectivity index (χ3n) is 1.86. The number of likely N-dealkylation sites (N-methyl/N-ethyl adjacent to an activating group) is 1. The molecule has 0 saturated carbocycles. The molecule has 0 bridgehead atoms. The molecule has 0 aliphatic carbocycles. The van der Waals surface area contributed by atoms with Crippen LogP contribution in [0.15, 0.2) is 24.3 Å². The van der Waals surface area contributed by atoms with E-state index < -0.39 is 0 Å². The highest BCUT2D eigenvalue weighted by Gasteiger charge is 2.05. The van der Waals surface area contributed by atoms with Gasteiger partial charge in [-0.05, 0) is 24.7 Å². The van der Waals surface area contributed by atoms with Crippen molar-refractivity contribution in [3.8, 4) is 5.75 Å². The Labute approximate surface area is 72.2 Å². The Bertz CT molecular complexity index is 246. The van der Waals surface area contributed by atoms with E-state index in [1.807, 2.05) is 19.2 Å². The summed E-state index contributed by atoms with van der Waals surface area (Å²) in [6.45, 7) is 0.528. The Morgan fingerprint density at radius 1 is 1.58 bits per heavy atom. The smallest absolute Gasteiger partial charge is 0.115 e. The third-order valence-corrected chi connectivity index (χ3v) is 1.86. The number of hydrogen-bond acceptors (Lipinski definition) is 3. The summed E-state index contributed by atoms with van der Waals surface area (Å²) in [7, 11) is 1.85. The molecule has 0 aliphatic heterocycles. The average molecular weight is 166 g/mol. The zero-order chi connectivity index (χ0) is 8.97. The second-order valence-electron chi connectivity index (χ2n) is 2.67. The summed E-state index contributed by atoms with van der Waals surface area (Å²) < 4.78 is 0. The van der Waals surface area contributed by atoms with Crippen molar-refractivity contribution in [3.63, 3.8) is 0 Å². The molecule has 0 amide bonds. The molecule has 1 atom stereocenters. The van der Waals surface area contributed by atoms with Gasteiger partial charge in [0.1, 0.15) is 5.75 Å². The SMILES string of the molecule is CNC(CN)c1cccc(O)c1. The van der Waals surface area contributed by atoms with Crippen molar-refractivity contribution in [2.75, 3.05) is 13.6 Å². The van der Waals surface area contributed by atoms with E-state index in [1.165, 1.54) is 0 Å². The lowest BCUT2D eigenvalue weighted by Crippen LogP contribution is -2.24. The van der Waals surface area contributed by atoms with E-state index in [9.17, 15) is 5.11 Å². The summed E-state index contributed by atoms with van der Waals surface area (Å²) in [5, 5.41) is 12.2. The predicted molar refractivity (Wildman–Crippen MR) is 49.0 cm³/mol. The summed E-state index contributed by atoms with van der Waals surface area (Å²) in [6.07, 6.45) is 0. The van der Waals surface area contributed by atoms with Gasteiger partial charge in [-0.25, -0.2) is 0 Å². The number of aromatic hydroxyl groups is 1. The van der Waals surface area contributed by atoms with Crippen molar-refractivity contribution < 1.29 is 5.11 Å². The first-order chi connectivity index (χ1) is 5.77. The molecule has 1 aromatic rings. The summed E-state index contributed by atoms with van der Waals surface area (Å²) in [4.78, 5) is 0. The van der Waals surface area contributed by atoms with Crippen molar-refractivity contribution in [2.24, 2.45) is 5.73 Å². The maximum absolute atomic E-state index is 9.18. The van der Waals surface area contributed by atoms with Gasteiger partial charge in [0, 0.05) is 12.6 Å². The van der Waals surface area contributed by atoms with Crippen LogP contribution in [0.2, 0.25) is 0 Å². The highest BCUT2D eigenvalue weighted by atomic mass is 16.3. The maximum Gasteiger partial charge on any atom is 0.115 e. The van der Waals surface area contributed by atoms with Gasteiger partial charge in [0.25, 0.3) is 0 Å². The highest BCUT2D eigenvalue weighted by Crippen LogP contribution is 2.16. The van der Waals surface area contributed by atoms with E-state index in [0.717, 1.165) is 5.56 Å². The molecule has 3 nitrogen and oxygen atoms in total. The molecular formula is C9H14N2O. The van der Waals surface area contributed by atoms with Crippen LogP contribution in [0.3, 0.4) is 0 Å². The van der Waals surface area contributed by atoms with Crippen molar-refractivity contribution in [1.82, 2.24) is 5.32 Å². The molecule has 1 unspecified atom stereocenters. The molecule has 0 spiro atoms. The first-order valence-corrected chi connectivity index (χ1v) is 3.94. The molecule has 0 saturated heterocycles. The number of benzene rings is 1. The van der Waals surface area contributed by atoms with Gasteiger partial charge in [0.2, 0.25) is 0 Å². The van der Waals surface area contributed by atoms with Crippen LogP contribution in [0.5, 0.6) is 5.75 Å². The molecule has 1 rings (SSSR count). The van der Waals surface area contributed by atoms with Gasteiger partial charge in [-0.3, -0.25) is 0 Å². The monoisotopic (exact) mass is 166 g/mol. The molecular weight excluding hydrogens is 152 g/mol. The minimum atomic E-state index is 0.122. The van der Waals surface area contributed by atoms with Crippen molar-refractivity contribution in [1.29, 1.82) is 0 Å². The molecule has 66 valence electrons. The largest absolute Gasteiger partial charge is 0.508 e. The molecule has 0 aliphatic rings. The van der Waals surface area contributed by atoms with Gasteiger partial charge in [0.05, 0.1) is 0 Å². The van der Waals surface area contributed by atoms with Gasteiger partial charge in [-0.1, -0.05) is 12.1 Å². The molecule has 0 aromatic heterocycles. The van der Waals surface area contributed by atoms with Crippen LogP contribution >= 0.6 is 0 Å². The Kier molecular flexibility index (Phi) is 3.08. The van der Waals surface area contributed by atoms with Gasteiger partial charge in [-0.15, -0.1) is 0 Å². The minimum absolute atomic E-state index is 0.122. The van der Waals surface area contributed by atoms with Crippen molar-refractivity contribution >= 4 is 0 Å². The molecule has 1 aromatic carbocycles. The minimum Gasteiger partial charge on any atom is -0.508 e. The molecule has 0 radical (unpaired) electrons. The topological polar surface area (TPSA) is 58.3 Å². The fourth-order valence-electron chi connectivity index (χ4n) is 1.16. The first-order valence-electron chi connectivity index (χ1n) is 3.94. The highest BCUT2D eigenvalue weighted by molar-refractivity contribution is 5.29. The second-order valence-corrected chi connectivity index (χ2v) is 2.67. The summed E-state index contributed by atoms with van der Waals surface area (Å²) in [6, 6.07) is 7.23. The lowest BCUT2D eigenvalue weighted by molar-refractivity contribution is 0.472. The first kappa shape index (κ1) is 9.03. The molecule has 3 heteroatoms.